The Morgan fingerprint density at radius 1 is 1.45 bits per heavy atom. The third-order valence-electron chi connectivity index (χ3n) is 3.95. The number of rotatable bonds is 6. The van der Waals surface area contributed by atoms with Crippen molar-refractivity contribution < 1.29 is 9.90 Å². The number of nitrogens with zero attached hydrogens (tertiary/aromatic N) is 2. The Labute approximate surface area is 133 Å². The average molecular weight is 307 g/mol. The predicted molar refractivity (Wildman–Crippen MR) is 87.0 cm³/mol. The molecule has 1 fully saturated rings. The Kier molecular flexibility index (Phi) is 4.95. The zero-order valence-corrected chi connectivity index (χ0v) is 14.4. The van der Waals surface area contributed by atoms with Crippen molar-refractivity contribution >= 4 is 5.91 Å². The molecule has 0 aromatic carbocycles. The normalized spacial score (nSPS) is 16.9. The summed E-state index contributed by atoms with van der Waals surface area (Å²) in [5, 5.41) is 16.9. The molecule has 0 radical (unpaired) electrons. The fraction of sp³-hybridized carbons (Fsp3) is 0.765. The quantitative estimate of drug-likeness (QED) is 0.849. The minimum Gasteiger partial charge on any atom is -0.394 e. The highest BCUT2D eigenvalue weighted by Crippen LogP contribution is 2.42. The van der Waals surface area contributed by atoms with Gasteiger partial charge in [-0.15, -0.1) is 0 Å². The number of aliphatic hydroxyl groups excluding tert-OH is 1. The number of hydrogen-bond donors (Lipinski definition) is 2. The summed E-state index contributed by atoms with van der Waals surface area (Å²) < 4.78 is 1.96. The van der Waals surface area contributed by atoms with Crippen LogP contribution in [0.2, 0.25) is 0 Å². The van der Waals surface area contributed by atoms with Crippen LogP contribution in [-0.2, 0) is 0 Å². The lowest BCUT2D eigenvalue weighted by Crippen LogP contribution is -2.40. The summed E-state index contributed by atoms with van der Waals surface area (Å²) >= 11 is 0. The van der Waals surface area contributed by atoms with Gasteiger partial charge in [0.25, 0.3) is 5.91 Å². The van der Waals surface area contributed by atoms with E-state index in [1.807, 2.05) is 4.68 Å². The molecule has 0 saturated heterocycles. The molecule has 0 aliphatic heterocycles. The maximum Gasteiger partial charge on any atom is 0.255 e. The summed E-state index contributed by atoms with van der Waals surface area (Å²) in [6, 6.07) is 0.0299. The third-order valence-corrected chi connectivity index (χ3v) is 3.95. The van der Waals surface area contributed by atoms with Gasteiger partial charge in [-0.1, -0.05) is 20.8 Å². The molecule has 1 unspecified atom stereocenters. The first-order valence-electron chi connectivity index (χ1n) is 8.22. The highest BCUT2D eigenvalue weighted by atomic mass is 16.3. The molecule has 2 rings (SSSR count). The van der Waals surface area contributed by atoms with Crippen LogP contribution in [0, 0.1) is 5.41 Å². The van der Waals surface area contributed by atoms with Gasteiger partial charge in [-0.2, -0.15) is 5.10 Å². The van der Waals surface area contributed by atoms with E-state index in [2.05, 4.69) is 45.0 Å². The molecule has 1 aliphatic rings. The van der Waals surface area contributed by atoms with Crippen LogP contribution in [-0.4, -0.2) is 33.4 Å². The van der Waals surface area contributed by atoms with Crippen LogP contribution in [0.4, 0.5) is 0 Å². The second-order valence-electron chi connectivity index (χ2n) is 7.87. The zero-order chi connectivity index (χ0) is 16.5. The Morgan fingerprint density at radius 3 is 2.55 bits per heavy atom. The number of hydrogen-bond acceptors (Lipinski definition) is 3. The van der Waals surface area contributed by atoms with Gasteiger partial charge < -0.3 is 10.4 Å². The van der Waals surface area contributed by atoms with Gasteiger partial charge >= 0.3 is 0 Å². The van der Waals surface area contributed by atoms with Crippen LogP contribution in [0.25, 0.3) is 0 Å². The van der Waals surface area contributed by atoms with E-state index in [0.29, 0.717) is 11.5 Å². The third kappa shape index (κ3) is 4.09. The molecule has 1 amide bonds. The Balaban J connectivity index is 2.15. The number of aliphatic hydroxyl groups is 1. The molecular weight excluding hydrogens is 278 g/mol. The van der Waals surface area contributed by atoms with E-state index in [1.54, 1.807) is 6.20 Å². The minimum absolute atomic E-state index is 0.0416. The van der Waals surface area contributed by atoms with Gasteiger partial charge in [-0.3, -0.25) is 9.48 Å². The minimum atomic E-state index is -0.220. The Morgan fingerprint density at radius 2 is 2.09 bits per heavy atom. The highest BCUT2D eigenvalue weighted by molar-refractivity contribution is 5.95. The average Bonchev–Trinajstić information content (AvgIpc) is 3.14. The van der Waals surface area contributed by atoms with E-state index < -0.39 is 0 Å². The van der Waals surface area contributed by atoms with Gasteiger partial charge in [0.05, 0.1) is 30.1 Å². The number of carbonyl (C=O) groups is 1. The topological polar surface area (TPSA) is 67.2 Å². The molecule has 1 aromatic heterocycles. The molecule has 22 heavy (non-hydrogen) atoms. The molecule has 5 heteroatoms. The maximum atomic E-state index is 12.6. The summed E-state index contributed by atoms with van der Waals surface area (Å²) in [6.07, 6.45) is 4.68. The standard InChI is InChI=1S/C17H29N3O2/c1-11(2)20-15(12-6-7-12)14(9-18-20)16(22)19-13(10-21)8-17(3,4)5/h9,11-13,21H,6-8,10H2,1-5H3,(H,19,22). The molecule has 1 aliphatic carbocycles. The lowest BCUT2D eigenvalue weighted by Gasteiger charge is -2.25. The Bertz CT molecular complexity index is 524. The summed E-state index contributed by atoms with van der Waals surface area (Å²) in [6.45, 7) is 10.4. The second-order valence-corrected chi connectivity index (χ2v) is 7.87. The van der Waals surface area contributed by atoms with E-state index in [1.165, 1.54) is 0 Å². The molecule has 5 nitrogen and oxygen atoms in total. The van der Waals surface area contributed by atoms with E-state index in [4.69, 9.17) is 0 Å². The van der Waals surface area contributed by atoms with E-state index >= 15 is 0 Å². The molecule has 124 valence electrons. The fourth-order valence-electron chi connectivity index (χ4n) is 2.89. The summed E-state index contributed by atoms with van der Waals surface area (Å²) in [4.78, 5) is 12.6. The van der Waals surface area contributed by atoms with E-state index in [0.717, 1.165) is 25.0 Å². The van der Waals surface area contributed by atoms with Crippen LogP contribution in [0.15, 0.2) is 6.20 Å². The van der Waals surface area contributed by atoms with Gasteiger partial charge in [0.15, 0.2) is 0 Å². The molecular formula is C17H29N3O2. The summed E-state index contributed by atoms with van der Waals surface area (Å²) in [5.74, 6) is 0.345. The van der Waals surface area contributed by atoms with Crippen LogP contribution in [0.3, 0.4) is 0 Å². The predicted octanol–water partition coefficient (Wildman–Crippen LogP) is 2.87. The van der Waals surface area contributed by atoms with Gasteiger partial charge in [0, 0.05) is 12.0 Å². The van der Waals surface area contributed by atoms with Crippen molar-refractivity contribution in [1.29, 1.82) is 0 Å². The number of amides is 1. The SMILES string of the molecule is CC(C)n1ncc(C(=O)NC(CO)CC(C)(C)C)c1C1CC1. The molecule has 0 bridgehead atoms. The first-order chi connectivity index (χ1) is 10.2. The first-order valence-corrected chi connectivity index (χ1v) is 8.22. The van der Waals surface area contributed by atoms with Crippen molar-refractivity contribution in [1.82, 2.24) is 15.1 Å². The summed E-state index contributed by atoms with van der Waals surface area (Å²) in [5.41, 5.74) is 1.78. The van der Waals surface area contributed by atoms with Crippen molar-refractivity contribution in [3.63, 3.8) is 0 Å². The zero-order valence-electron chi connectivity index (χ0n) is 14.4. The highest BCUT2D eigenvalue weighted by Gasteiger charge is 2.33. The van der Waals surface area contributed by atoms with Crippen molar-refractivity contribution in [2.24, 2.45) is 5.41 Å². The summed E-state index contributed by atoms with van der Waals surface area (Å²) in [7, 11) is 0. The van der Waals surface area contributed by atoms with Gasteiger partial charge in [0.2, 0.25) is 0 Å². The maximum absolute atomic E-state index is 12.6. The van der Waals surface area contributed by atoms with E-state index in [9.17, 15) is 9.90 Å². The van der Waals surface area contributed by atoms with Crippen LogP contribution >= 0.6 is 0 Å². The van der Waals surface area contributed by atoms with Crippen molar-refractivity contribution in [3.8, 4) is 0 Å². The molecule has 1 atom stereocenters. The van der Waals surface area contributed by atoms with Crippen LogP contribution in [0.1, 0.15) is 81.9 Å². The lowest BCUT2D eigenvalue weighted by atomic mass is 9.88. The van der Waals surface area contributed by atoms with Gasteiger partial charge in [-0.05, 0) is 38.5 Å². The smallest absolute Gasteiger partial charge is 0.255 e. The van der Waals surface area contributed by atoms with Gasteiger partial charge in [-0.25, -0.2) is 0 Å². The molecule has 1 aromatic rings. The number of carbonyl (C=O) groups excluding carboxylic acids is 1. The van der Waals surface area contributed by atoms with Crippen molar-refractivity contribution in [2.75, 3.05) is 6.61 Å². The molecule has 1 heterocycles. The first kappa shape index (κ1) is 17.0. The molecule has 2 N–H and O–H groups in total. The van der Waals surface area contributed by atoms with Gasteiger partial charge in [0.1, 0.15) is 0 Å². The molecule has 0 spiro atoms. The van der Waals surface area contributed by atoms with Crippen LogP contribution in [0.5, 0.6) is 0 Å². The lowest BCUT2D eigenvalue weighted by molar-refractivity contribution is 0.0896. The van der Waals surface area contributed by atoms with Crippen molar-refractivity contribution in [3.05, 3.63) is 17.5 Å². The number of nitrogens with one attached hydrogen (secondary N) is 1. The largest absolute Gasteiger partial charge is 0.394 e. The van der Waals surface area contributed by atoms with E-state index in [-0.39, 0.29) is 30.0 Å². The second kappa shape index (κ2) is 6.41. The fourth-order valence-corrected chi connectivity index (χ4v) is 2.89. The van der Waals surface area contributed by atoms with Crippen LogP contribution < -0.4 is 5.32 Å². The molecule has 1 saturated carbocycles. The monoisotopic (exact) mass is 307 g/mol. The number of aromatic nitrogens is 2. The van der Waals surface area contributed by atoms with Crippen molar-refractivity contribution in [2.45, 2.75) is 71.9 Å². The Hall–Kier alpha value is -1.36.